The molecule has 1 aromatic rings. The van der Waals surface area contributed by atoms with Gasteiger partial charge in [0.2, 0.25) is 10.4 Å². The molecule has 0 aliphatic heterocycles. The molecule has 0 bridgehead atoms. The zero-order valence-corrected chi connectivity index (χ0v) is 8.69. The van der Waals surface area contributed by atoms with E-state index in [2.05, 4.69) is 4.18 Å². The molecule has 0 aliphatic rings. The summed E-state index contributed by atoms with van der Waals surface area (Å²) >= 11 is 0. The van der Waals surface area contributed by atoms with Gasteiger partial charge >= 0.3 is 0 Å². The highest BCUT2D eigenvalue weighted by atomic mass is 32.3. The second kappa shape index (κ2) is 5.53. The number of hydrogen-bond donors (Lipinski definition) is 1. The van der Waals surface area contributed by atoms with Crippen LogP contribution in [0.3, 0.4) is 0 Å². The van der Waals surface area contributed by atoms with Crippen molar-refractivity contribution in [2.75, 3.05) is 12.8 Å². The monoisotopic (exact) mass is 220 g/mol. The van der Waals surface area contributed by atoms with Crippen LogP contribution in [-0.4, -0.2) is 20.1 Å². The molecule has 0 saturated heterocycles. The number of nitrogen functional groups attached to an aromatic ring is 1. The van der Waals surface area contributed by atoms with Crippen molar-refractivity contribution in [1.29, 1.82) is 0 Å². The first-order valence-electron chi connectivity index (χ1n) is 3.58. The number of rotatable bonds is 1. The lowest BCUT2D eigenvalue weighted by atomic mass is 10.5. The van der Waals surface area contributed by atoms with Crippen LogP contribution in [-0.2, 0) is 21.6 Å². The van der Waals surface area contributed by atoms with Crippen molar-refractivity contribution in [2.24, 2.45) is 7.05 Å². The molecule has 0 radical (unpaired) electrons. The molecule has 0 aliphatic carbocycles. The SMILES string of the molecule is COS(=O)(=O)[O-].C[n+]1ccccc1N. The number of aromatic nitrogens is 1. The quantitative estimate of drug-likeness (QED) is 0.379. The fourth-order valence-corrected chi connectivity index (χ4v) is 0.537. The Bertz CT molecular complexity index is 356. The molecule has 0 spiro atoms. The molecular weight excluding hydrogens is 208 g/mol. The largest absolute Gasteiger partial charge is 0.726 e. The molecule has 0 aromatic carbocycles. The lowest BCUT2D eigenvalue weighted by molar-refractivity contribution is -0.656. The number of anilines is 1. The molecule has 80 valence electrons. The second-order valence-electron chi connectivity index (χ2n) is 2.31. The molecule has 6 nitrogen and oxygen atoms in total. The minimum absolute atomic E-state index is 0.785. The predicted octanol–water partition coefficient (Wildman–Crippen LogP) is -0.814. The van der Waals surface area contributed by atoms with E-state index in [-0.39, 0.29) is 0 Å². The summed E-state index contributed by atoms with van der Waals surface area (Å²) in [6.07, 6.45) is 1.91. The lowest BCUT2D eigenvalue weighted by Crippen LogP contribution is -2.30. The van der Waals surface area contributed by atoms with E-state index in [4.69, 9.17) is 5.73 Å². The maximum atomic E-state index is 9.22. The van der Waals surface area contributed by atoms with Gasteiger partial charge in [-0.3, -0.25) is 9.92 Å². The van der Waals surface area contributed by atoms with Gasteiger partial charge in [-0.2, -0.15) is 0 Å². The van der Waals surface area contributed by atoms with Gasteiger partial charge in [-0.05, 0) is 6.07 Å². The molecule has 7 heteroatoms. The van der Waals surface area contributed by atoms with Gasteiger partial charge in [0.05, 0.1) is 20.4 Å². The van der Waals surface area contributed by atoms with E-state index in [1.165, 1.54) is 0 Å². The fourth-order valence-electron chi connectivity index (χ4n) is 0.537. The van der Waals surface area contributed by atoms with E-state index in [1.807, 2.05) is 36.0 Å². The van der Waals surface area contributed by atoms with Crippen molar-refractivity contribution in [2.45, 2.75) is 0 Å². The Morgan fingerprint density at radius 3 is 2.21 bits per heavy atom. The van der Waals surface area contributed by atoms with Gasteiger partial charge in [-0.25, -0.2) is 13.0 Å². The summed E-state index contributed by atoms with van der Waals surface area (Å²) in [6, 6.07) is 5.71. The lowest BCUT2D eigenvalue weighted by Gasteiger charge is -1.98. The maximum absolute atomic E-state index is 9.22. The Morgan fingerprint density at radius 1 is 1.50 bits per heavy atom. The van der Waals surface area contributed by atoms with Crippen molar-refractivity contribution in [1.82, 2.24) is 0 Å². The highest BCUT2D eigenvalue weighted by Crippen LogP contribution is 1.86. The first-order chi connectivity index (χ1) is 6.37. The van der Waals surface area contributed by atoms with Gasteiger partial charge in [0, 0.05) is 6.07 Å². The average molecular weight is 220 g/mol. The van der Waals surface area contributed by atoms with Gasteiger partial charge in [0.25, 0.3) is 5.82 Å². The van der Waals surface area contributed by atoms with E-state index in [0.29, 0.717) is 0 Å². The predicted molar refractivity (Wildman–Crippen MR) is 48.7 cm³/mol. The van der Waals surface area contributed by atoms with Crippen LogP contribution >= 0.6 is 0 Å². The molecule has 2 N–H and O–H groups in total. The van der Waals surface area contributed by atoms with Gasteiger partial charge in [-0.1, -0.05) is 6.07 Å². The Morgan fingerprint density at radius 2 is 2.00 bits per heavy atom. The number of nitrogens with zero attached hydrogens (tertiary/aromatic N) is 1. The van der Waals surface area contributed by atoms with E-state index >= 15 is 0 Å². The number of pyridine rings is 1. The van der Waals surface area contributed by atoms with Crippen LogP contribution in [0.15, 0.2) is 24.4 Å². The second-order valence-corrected chi connectivity index (χ2v) is 3.46. The van der Waals surface area contributed by atoms with Crippen LogP contribution in [0.2, 0.25) is 0 Å². The molecule has 0 atom stereocenters. The van der Waals surface area contributed by atoms with Crippen LogP contribution in [0.25, 0.3) is 0 Å². The molecule has 0 unspecified atom stereocenters. The Kier molecular flexibility index (Phi) is 5.06. The molecule has 0 fully saturated rings. The highest BCUT2D eigenvalue weighted by molar-refractivity contribution is 7.80. The molecule has 0 amide bonds. The maximum Gasteiger partial charge on any atom is 0.271 e. The normalized spacial score (nSPS) is 10.2. The van der Waals surface area contributed by atoms with Crippen LogP contribution in [0, 0.1) is 0 Å². The smallest absolute Gasteiger partial charge is 0.271 e. The molecule has 14 heavy (non-hydrogen) atoms. The molecule has 1 heterocycles. The summed E-state index contributed by atoms with van der Waals surface area (Å²) in [4.78, 5) is 0. The van der Waals surface area contributed by atoms with Crippen LogP contribution in [0.5, 0.6) is 0 Å². The Labute approximate surface area is 82.9 Å². The molecule has 0 saturated carbocycles. The summed E-state index contributed by atoms with van der Waals surface area (Å²) in [6.45, 7) is 0. The third-order valence-corrected chi connectivity index (χ3v) is 1.71. The Balaban J connectivity index is 0.000000255. The van der Waals surface area contributed by atoms with E-state index in [1.54, 1.807) is 0 Å². The standard InChI is InChI=1S/C6H8N2.CH4O4S/c1-8-5-3-2-4-6(8)7;1-5-6(2,3)4/h2-5,7H,1H3;1H3,(H,2,3,4). The van der Waals surface area contributed by atoms with E-state index in [9.17, 15) is 13.0 Å². The van der Waals surface area contributed by atoms with Crippen LogP contribution in [0.1, 0.15) is 0 Å². The topological polar surface area (TPSA) is 96.3 Å². The minimum Gasteiger partial charge on any atom is -0.726 e. The van der Waals surface area contributed by atoms with Crippen LogP contribution in [0.4, 0.5) is 5.82 Å². The Hall–Kier alpha value is -1.18. The fraction of sp³-hybridized carbons (Fsp3) is 0.286. The first kappa shape index (κ1) is 12.8. The third kappa shape index (κ3) is 6.35. The minimum atomic E-state index is -4.41. The van der Waals surface area contributed by atoms with Gasteiger partial charge in [0.15, 0.2) is 0 Å². The van der Waals surface area contributed by atoms with Gasteiger partial charge < -0.3 is 4.55 Å². The number of aryl methyl sites for hydroxylation is 1. The molecule has 1 aromatic heterocycles. The summed E-state index contributed by atoms with van der Waals surface area (Å²) in [5.41, 5.74) is 5.48. The third-order valence-electron chi connectivity index (χ3n) is 1.30. The summed E-state index contributed by atoms with van der Waals surface area (Å²) in [5.74, 6) is 0.785. The van der Waals surface area contributed by atoms with Crippen molar-refractivity contribution >= 4 is 16.2 Å². The van der Waals surface area contributed by atoms with Crippen LogP contribution < -0.4 is 10.3 Å². The summed E-state index contributed by atoms with van der Waals surface area (Å²) < 4.78 is 32.9. The van der Waals surface area contributed by atoms with E-state index < -0.39 is 10.4 Å². The number of nitrogens with two attached hydrogens (primary N) is 1. The van der Waals surface area contributed by atoms with E-state index in [0.717, 1.165) is 12.9 Å². The summed E-state index contributed by atoms with van der Waals surface area (Å²) in [7, 11) is -1.69. The zero-order chi connectivity index (χ0) is 11.2. The van der Waals surface area contributed by atoms with Crippen molar-refractivity contribution in [3.05, 3.63) is 24.4 Å². The van der Waals surface area contributed by atoms with Gasteiger partial charge in [-0.15, -0.1) is 0 Å². The van der Waals surface area contributed by atoms with Crippen molar-refractivity contribution < 1.29 is 21.7 Å². The molecular formula is C7H12N2O4S. The zero-order valence-electron chi connectivity index (χ0n) is 7.88. The summed E-state index contributed by atoms with van der Waals surface area (Å²) in [5, 5.41) is 0. The first-order valence-corrected chi connectivity index (χ1v) is 4.91. The number of hydrogen-bond acceptors (Lipinski definition) is 5. The average Bonchev–Trinajstić information content (AvgIpc) is 2.10. The molecule has 1 rings (SSSR count). The van der Waals surface area contributed by atoms with Crippen molar-refractivity contribution in [3.63, 3.8) is 0 Å². The van der Waals surface area contributed by atoms with Gasteiger partial charge in [0.1, 0.15) is 0 Å². The highest BCUT2D eigenvalue weighted by Gasteiger charge is 1.90. The van der Waals surface area contributed by atoms with Crippen molar-refractivity contribution in [3.8, 4) is 0 Å².